The van der Waals surface area contributed by atoms with Crippen LogP contribution in [0.3, 0.4) is 0 Å². The minimum absolute atomic E-state index is 0.0698. The number of carbonyl (C=O) groups is 3. The van der Waals surface area contributed by atoms with Gasteiger partial charge in [-0.15, -0.1) is 0 Å². The van der Waals surface area contributed by atoms with Crippen molar-refractivity contribution in [2.45, 2.75) is 13.3 Å². The molecule has 3 amide bonds. The van der Waals surface area contributed by atoms with Gasteiger partial charge in [-0.25, -0.2) is 4.98 Å². The van der Waals surface area contributed by atoms with E-state index < -0.39 is 11.8 Å². The van der Waals surface area contributed by atoms with Crippen LogP contribution in [-0.2, 0) is 9.59 Å². The molecule has 0 aliphatic heterocycles. The maximum atomic E-state index is 11.4. The van der Waals surface area contributed by atoms with Gasteiger partial charge in [0.05, 0.1) is 6.20 Å². The predicted molar refractivity (Wildman–Crippen MR) is 60.9 cm³/mol. The van der Waals surface area contributed by atoms with Crippen molar-refractivity contribution in [1.82, 2.24) is 26.1 Å². The third kappa shape index (κ3) is 5.01. The molecule has 8 nitrogen and oxygen atoms in total. The normalized spacial score (nSPS) is 9.39. The average molecular weight is 251 g/mol. The topological polar surface area (TPSA) is 113 Å². The van der Waals surface area contributed by atoms with Crippen LogP contribution in [0.25, 0.3) is 0 Å². The van der Waals surface area contributed by atoms with E-state index in [2.05, 4.69) is 26.1 Å². The van der Waals surface area contributed by atoms with Crippen molar-refractivity contribution < 1.29 is 14.4 Å². The number of hydrogen-bond donors (Lipinski definition) is 3. The molecule has 0 radical (unpaired) electrons. The molecule has 18 heavy (non-hydrogen) atoms. The molecule has 0 bridgehead atoms. The molecule has 3 N–H and O–H groups in total. The molecular weight excluding hydrogens is 238 g/mol. The first kappa shape index (κ1) is 13.6. The second-order valence-electron chi connectivity index (χ2n) is 3.33. The fourth-order valence-corrected chi connectivity index (χ4v) is 1.02. The summed E-state index contributed by atoms with van der Waals surface area (Å²) in [5.41, 5.74) is 4.48. The Kier molecular flexibility index (Phi) is 5.23. The van der Waals surface area contributed by atoms with Gasteiger partial charge in [0.2, 0.25) is 11.8 Å². The SMILES string of the molecule is CC(=O)NCCC(=O)NNC(=O)c1cnccn1. The van der Waals surface area contributed by atoms with Gasteiger partial charge in [0.25, 0.3) is 5.91 Å². The monoisotopic (exact) mass is 251 g/mol. The van der Waals surface area contributed by atoms with Crippen LogP contribution in [0.5, 0.6) is 0 Å². The van der Waals surface area contributed by atoms with E-state index >= 15 is 0 Å². The Hall–Kier alpha value is -2.51. The Balaban J connectivity index is 2.26. The molecule has 0 unspecified atom stereocenters. The summed E-state index contributed by atoms with van der Waals surface area (Å²) in [6.07, 6.45) is 4.15. The van der Waals surface area contributed by atoms with Crippen LogP contribution in [0.4, 0.5) is 0 Å². The molecule has 0 spiro atoms. The average Bonchev–Trinajstić information content (AvgIpc) is 2.36. The highest BCUT2D eigenvalue weighted by molar-refractivity contribution is 5.93. The first-order valence-corrected chi connectivity index (χ1v) is 5.19. The summed E-state index contributed by atoms with van der Waals surface area (Å²) >= 11 is 0. The molecule has 0 saturated heterocycles. The molecule has 0 atom stereocenters. The predicted octanol–water partition coefficient (Wildman–Crippen LogP) is -1.24. The van der Waals surface area contributed by atoms with Crippen LogP contribution < -0.4 is 16.2 Å². The van der Waals surface area contributed by atoms with Gasteiger partial charge in [0, 0.05) is 32.3 Å². The van der Waals surface area contributed by atoms with Crippen molar-refractivity contribution in [2.24, 2.45) is 0 Å². The van der Waals surface area contributed by atoms with Gasteiger partial charge in [-0.2, -0.15) is 0 Å². The first-order chi connectivity index (χ1) is 8.59. The summed E-state index contributed by atoms with van der Waals surface area (Å²) in [7, 11) is 0. The molecule has 96 valence electrons. The molecule has 0 aliphatic rings. The maximum absolute atomic E-state index is 11.4. The fraction of sp³-hybridized carbons (Fsp3) is 0.300. The van der Waals surface area contributed by atoms with Crippen LogP contribution in [0.1, 0.15) is 23.8 Å². The third-order valence-corrected chi connectivity index (χ3v) is 1.84. The van der Waals surface area contributed by atoms with Gasteiger partial charge in [0.1, 0.15) is 5.69 Å². The molecular formula is C10H13N5O3. The van der Waals surface area contributed by atoms with Gasteiger partial charge >= 0.3 is 0 Å². The third-order valence-electron chi connectivity index (χ3n) is 1.84. The first-order valence-electron chi connectivity index (χ1n) is 5.19. The molecule has 1 aromatic rings. The van der Waals surface area contributed by atoms with Crippen LogP contribution in [0.15, 0.2) is 18.6 Å². The number of carbonyl (C=O) groups excluding carboxylic acids is 3. The van der Waals surface area contributed by atoms with E-state index in [9.17, 15) is 14.4 Å². The van der Waals surface area contributed by atoms with Crippen LogP contribution in [0.2, 0.25) is 0 Å². The Morgan fingerprint density at radius 2 is 2.00 bits per heavy atom. The molecule has 0 fully saturated rings. The summed E-state index contributed by atoms with van der Waals surface area (Å²) in [6.45, 7) is 1.57. The molecule has 0 saturated carbocycles. The quantitative estimate of drug-likeness (QED) is 0.579. The lowest BCUT2D eigenvalue weighted by molar-refractivity contribution is -0.122. The van der Waals surface area contributed by atoms with E-state index in [1.54, 1.807) is 0 Å². The summed E-state index contributed by atoms with van der Waals surface area (Å²) in [5, 5.41) is 2.46. The van der Waals surface area contributed by atoms with Crippen LogP contribution in [-0.4, -0.2) is 34.2 Å². The van der Waals surface area contributed by atoms with Crippen molar-refractivity contribution in [1.29, 1.82) is 0 Å². The Morgan fingerprint density at radius 3 is 2.61 bits per heavy atom. The zero-order valence-corrected chi connectivity index (χ0v) is 9.77. The lowest BCUT2D eigenvalue weighted by Gasteiger charge is -2.06. The lowest BCUT2D eigenvalue weighted by Crippen LogP contribution is -2.43. The highest BCUT2D eigenvalue weighted by Crippen LogP contribution is 1.88. The Morgan fingerprint density at radius 1 is 1.22 bits per heavy atom. The molecule has 1 rings (SSSR count). The Bertz CT molecular complexity index is 434. The van der Waals surface area contributed by atoms with Crippen molar-refractivity contribution in [3.63, 3.8) is 0 Å². The van der Waals surface area contributed by atoms with Gasteiger partial charge < -0.3 is 5.32 Å². The van der Waals surface area contributed by atoms with Gasteiger partial charge in [0.15, 0.2) is 0 Å². The number of nitrogens with zero attached hydrogens (tertiary/aromatic N) is 2. The maximum Gasteiger partial charge on any atom is 0.289 e. The number of aromatic nitrogens is 2. The van der Waals surface area contributed by atoms with Gasteiger partial charge in [-0.05, 0) is 0 Å². The summed E-state index contributed by atoms with van der Waals surface area (Å²) in [5.74, 6) is -1.19. The smallest absolute Gasteiger partial charge is 0.289 e. The second kappa shape index (κ2) is 6.94. The van der Waals surface area contributed by atoms with Crippen molar-refractivity contribution in [3.8, 4) is 0 Å². The van der Waals surface area contributed by atoms with Crippen molar-refractivity contribution in [2.75, 3.05) is 6.54 Å². The summed E-state index contributed by atoms with van der Waals surface area (Å²) in [6, 6.07) is 0. The van der Waals surface area contributed by atoms with Gasteiger partial charge in [-0.1, -0.05) is 0 Å². The van der Waals surface area contributed by atoms with E-state index in [0.717, 1.165) is 0 Å². The molecule has 8 heteroatoms. The lowest BCUT2D eigenvalue weighted by atomic mass is 10.4. The van der Waals surface area contributed by atoms with Crippen LogP contribution in [0, 0.1) is 0 Å². The number of rotatable bonds is 4. The minimum atomic E-state index is -0.559. The summed E-state index contributed by atoms with van der Waals surface area (Å²) < 4.78 is 0. The van der Waals surface area contributed by atoms with Gasteiger partial charge in [-0.3, -0.25) is 30.2 Å². The second-order valence-corrected chi connectivity index (χ2v) is 3.33. The van der Waals surface area contributed by atoms with Crippen molar-refractivity contribution in [3.05, 3.63) is 24.3 Å². The summed E-state index contributed by atoms with van der Waals surface area (Å²) in [4.78, 5) is 40.7. The fourth-order valence-electron chi connectivity index (χ4n) is 1.02. The van der Waals surface area contributed by atoms with E-state index in [0.29, 0.717) is 0 Å². The number of hydrazine groups is 1. The zero-order valence-electron chi connectivity index (χ0n) is 9.77. The van der Waals surface area contributed by atoms with E-state index in [4.69, 9.17) is 0 Å². The molecule has 1 aromatic heterocycles. The number of hydrogen-bond acceptors (Lipinski definition) is 5. The van der Waals surface area contributed by atoms with E-state index in [1.165, 1.54) is 25.5 Å². The van der Waals surface area contributed by atoms with E-state index in [-0.39, 0.29) is 24.6 Å². The molecule has 1 heterocycles. The molecule has 0 aliphatic carbocycles. The molecule has 0 aromatic carbocycles. The Labute approximate surface area is 103 Å². The number of amides is 3. The minimum Gasteiger partial charge on any atom is -0.356 e. The van der Waals surface area contributed by atoms with Crippen molar-refractivity contribution >= 4 is 17.7 Å². The highest BCUT2D eigenvalue weighted by atomic mass is 16.2. The van der Waals surface area contributed by atoms with E-state index in [1.807, 2.05) is 0 Å². The highest BCUT2D eigenvalue weighted by Gasteiger charge is 2.08. The standard InChI is InChI=1S/C10H13N5O3/c1-7(16)12-3-2-9(17)14-15-10(18)8-6-11-4-5-13-8/h4-6H,2-3H2,1H3,(H,12,16)(H,14,17)(H,15,18). The zero-order chi connectivity index (χ0) is 13.4. The largest absolute Gasteiger partial charge is 0.356 e. The van der Waals surface area contributed by atoms with Crippen LogP contribution >= 0.6 is 0 Å². The number of nitrogens with one attached hydrogen (secondary N) is 3.